The van der Waals surface area contributed by atoms with Gasteiger partial charge >= 0.3 is 6.09 Å². The van der Waals surface area contributed by atoms with Gasteiger partial charge in [-0.25, -0.2) is 9.78 Å². The van der Waals surface area contributed by atoms with E-state index in [4.69, 9.17) is 4.98 Å². The molecule has 6 heterocycles. The molecule has 0 bridgehead atoms. The lowest BCUT2D eigenvalue weighted by Gasteiger charge is -2.32. The number of nitrogens with zero attached hydrogens (tertiary/aromatic N) is 9. The van der Waals surface area contributed by atoms with Gasteiger partial charge in [0, 0.05) is 46.9 Å². The second-order valence-electron chi connectivity index (χ2n) is 14.4. The zero-order valence-electron chi connectivity index (χ0n) is 29.4. The minimum atomic E-state index is -1.00. The molecule has 0 unspecified atom stereocenters. The van der Waals surface area contributed by atoms with Crippen molar-refractivity contribution in [1.29, 1.82) is 0 Å². The normalized spacial score (nSPS) is 14.3. The number of rotatable bonds is 8. The van der Waals surface area contributed by atoms with Gasteiger partial charge in [-0.05, 0) is 82.1 Å². The minimum absolute atomic E-state index is 0.113. The number of carboxylic acid groups (broad SMARTS) is 1. The molecule has 1 saturated heterocycles. The monoisotopic (exact) mass is 692 g/mol. The topological polar surface area (TPSA) is 141 Å². The average molecular weight is 693 g/mol. The quantitative estimate of drug-likeness (QED) is 0.166. The first kappa shape index (κ1) is 33.2. The maximum absolute atomic E-state index is 12.1. The molecule has 2 aromatic carbocycles. The van der Waals surface area contributed by atoms with Crippen molar-refractivity contribution in [1.82, 2.24) is 49.5 Å². The summed E-state index contributed by atoms with van der Waals surface area (Å²) in [6, 6.07) is 28.8. The first-order chi connectivity index (χ1) is 25.2. The number of carbonyl (C=O) groups is 1. The second kappa shape index (κ2) is 13.6. The van der Waals surface area contributed by atoms with Crippen molar-refractivity contribution in [2.45, 2.75) is 58.2 Å². The van der Waals surface area contributed by atoms with Gasteiger partial charge in [-0.1, -0.05) is 60.7 Å². The van der Waals surface area contributed by atoms with E-state index < -0.39 is 11.6 Å². The van der Waals surface area contributed by atoms with Gasteiger partial charge in [0.05, 0.1) is 17.8 Å². The molecule has 2 N–H and O–H groups in total. The lowest BCUT2D eigenvalue weighted by atomic mass is 9.95. The number of nitrogens with one attached hydrogen (secondary N) is 1. The number of benzene rings is 2. The summed E-state index contributed by atoms with van der Waals surface area (Å²) in [5.74, 6) is 2.56. The predicted molar refractivity (Wildman–Crippen MR) is 199 cm³/mol. The Morgan fingerprint density at radius 3 is 2.38 bits per heavy atom. The summed E-state index contributed by atoms with van der Waals surface area (Å²) in [4.78, 5) is 28.9. The number of aromatic nitrogens is 8. The molecule has 7 aromatic rings. The lowest BCUT2D eigenvalue weighted by Crippen LogP contribution is -2.44. The molecule has 1 aliphatic heterocycles. The fraction of sp³-hybridized carbons (Fsp3) is 0.275. The fourth-order valence-corrected chi connectivity index (χ4v) is 7.01. The molecule has 0 spiro atoms. The number of hydrogen-bond acceptors (Lipinski definition) is 8. The summed E-state index contributed by atoms with van der Waals surface area (Å²) >= 11 is 0. The summed E-state index contributed by atoms with van der Waals surface area (Å²) < 4.78 is 1.86. The van der Waals surface area contributed by atoms with Crippen molar-refractivity contribution in [3.05, 3.63) is 115 Å². The van der Waals surface area contributed by atoms with Gasteiger partial charge in [-0.15, -0.1) is 20.4 Å². The smallest absolute Gasteiger partial charge is 0.408 e. The van der Waals surface area contributed by atoms with Gasteiger partial charge in [0.25, 0.3) is 0 Å². The summed E-state index contributed by atoms with van der Waals surface area (Å²) in [6.45, 7) is 8.57. The van der Waals surface area contributed by atoms with Crippen LogP contribution in [0.3, 0.4) is 0 Å². The maximum atomic E-state index is 12.1. The Balaban J connectivity index is 1.02. The molecule has 12 heteroatoms. The highest BCUT2D eigenvalue weighted by Crippen LogP contribution is 2.35. The van der Waals surface area contributed by atoms with Crippen molar-refractivity contribution in [2.75, 3.05) is 13.1 Å². The molecule has 0 saturated carbocycles. The molecule has 1 aliphatic rings. The van der Waals surface area contributed by atoms with Crippen LogP contribution in [0.4, 0.5) is 4.79 Å². The average Bonchev–Trinajstić information content (AvgIpc) is 3.82. The van der Waals surface area contributed by atoms with E-state index in [-0.39, 0.29) is 6.54 Å². The second-order valence-corrected chi connectivity index (χ2v) is 14.4. The van der Waals surface area contributed by atoms with Crippen LogP contribution in [0.1, 0.15) is 56.7 Å². The number of hydrogen-bond donors (Lipinski definition) is 2. The molecule has 0 aliphatic carbocycles. The number of likely N-dealkylation sites (tertiary alicyclic amines) is 1. The van der Waals surface area contributed by atoms with E-state index in [0.29, 0.717) is 17.4 Å². The third-order valence-corrected chi connectivity index (χ3v) is 9.89. The first-order valence-electron chi connectivity index (χ1n) is 17.6. The molecule has 1 fully saturated rings. The SMILES string of the molecule is CC(C)(C)N(Cc1nnc2c3cc(-c4ccccc4)c(-c4ccc(CN5CCC(c6nnc(-c7ccccn7)[nH]6)CC5)cc4)nc3ccn12)C(=O)O. The molecule has 0 radical (unpaired) electrons. The van der Waals surface area contributed by atoms with Crippen LogP contribution in [-0.2, 0) is 13.1 Å². The standard InChI is InChI=1S/C40H40N10O2/c1-40(2,3)50(39(51)52)25-34-44-47-38-31-23-30(27-9-5-4-6-10-27)35(42-32(31)18-22-49(34)38)28-14-12-26(13-15-28)24-48-20-16-29(17-21-48)36-43-37(46-45-36)33-11-7-8-19-41-33/h4-15,18-19,22-23,29H,16-17,20-21,24-25H2,1-3H3,(H,51,52)(H,43,45,46). The molecule has 8 rings (SSSR count). The van der Waals surface area contributed by atoms with Gasteiger partial charge in [0.1, 0.15) is 11.5 Å². The van der Waals surface area contributed by atoms with Gasteiger partial charge in [0.2, 0.25) is 0 Å². The molecular formula is C40H40N10O2. The van der Waals surface area contributed by atoms with Crippen molar-refractivity contribution in [2.24, 2.45) is 0 Å². The van der Waals surface area contributed by atoms with Crippen LogP contribution in [0.25, 0.3) is 50.5 Å². The Kier molecular flexibility index (Phi) is 8.67. The van der Waals surface area contributed by atoms with Crippen molar-refractivity contribution in [3.8, 4) is 33.9 Å². The van der Waals surface area contributed by atoms with Crippen molar-refractivity contribution < 1.29 is 9.90 Å². The van der Waals surface area contributed by atoms with E-state index in [1.807, 2.05) is 73.8 Å². The maximum Gasteiger partial charge on any atom is 0.408 e. The molecule has 5 aromatic heterocycles. The summed E-state index contributed by atoms with van der Waals surface area (Å²) in [5.41, 5.74) is 6.84. The highest BCUT2D eigenvalue weighted by Gasteiger charge is 2.28. The third kappa shape index (κ3) is 6.60. The Hall–Kier alpha value is -6.01. The van der Waals surface area contributed by atoms with Crippen LogP contribution in [0.5, 0.6) is 0 Å². The van der Waals surface area contributed by atoms with Crippen LogP contribution in [0.2, 0.25) is 0 Å². The van der Waals surface area contributed by atoms with E-state index in [1.54, 1.807) is 6.20 Å². The molecule has 262 valence electrons. The van der Waals surface area contributed by atoms with Crippen LogP contribution in [0.15, 0.2) is 97.3 Å². The van der Waals surface area contributed by atoms with Gasteiger partial charge in [-0.3, -0.25) is 19.2 Å². The van der Waals surface area contributed by atoms with Gasteiger partial charge in [0.15, 0.2) is 17.3 Å². The summed E-state index contributed by atoms with van der Waals surface area (Å²) in [6.07, 6.45) is 4.68. The van der Waals surface area contributed by atoms with E-state index in [0.717, 1.165) is 83.1 Å². The van der Waals surface area contributed by atoms with Crippen LogP contribution < -0.4 is 0 Å². The van der Waals surface area contributed by atoms with Crippen molar-refractivity contribution >= 4 is 22.6 Å². The Labute approximate surface area is 301 Å². The number of H-pyrrole nitrogens is 1. The third-order valence-electron chi connectivity index (χ3n) is 9.89. The predicted octanol–water partition coefficient (Wildman–Crippen LogP) is 7.45. The minimum Gasteiger partial charge on any atom is -0.465 e. The number of aromatic amines is 1. The van der Waals surface area contributed by atoms with E-state index in [9.17, 15) is 9.90 Å². The highest BCUT2D eigenvalue weighted by atomic mass is 16.4. The van der Waals surface area contributed by atoms with E-state index in [2.05, 4.69) is 77.7 Å². The van der Waals surface area contributed by atoms with E-state index in [1.165, 1.54) is 10.5 Å². The Morgan fingerprint density at radius 1 is 0.904 bits per heavy atom. The van der Waals surface area contributed by atoms with Crippen LogP contribution >= 0.6 is 0 Å². The van der Waals surface area contributed by atoms with Crippen molar-refractivity contribution in [3.63, 3.8) is 0 Å². The number of amides is 1. The number of pyridine rings is 3. The van der Waals surface area contributed by atoms with E-state index >= 15 is 0 Å². The molecule has 12 nitrogen and oxygen atoms in total. The number of piperidine rings is 1. The molecule has 1 amide bonds. The van der Waals surface area contributed by atoms with Gasteiger partial charge < -0.3 is 10.1 Å². The Bertz CT molecular complexity index is 2340. The number of fused-ring (bicyclic) bond motifs is 3. The summed E-state index contributed by atoms with van der Waals surface area (Å²) in [5, 5.41) is 28.5. The van der Waals surface area contributed by atoms with Crippen LogP contribution in [-0.4, -0.2) is 79.4 Å². The first-order valence-corrected chi connectivity index (χ1v) is 17.6. The molecular weight excluding hydrogens is 653 g/mol. The zero-order chi connectivity index (χ0) is 35.8. The zero-order valence-corrected chi connectivity index (χ0v) is 29.4. The largest absolute Gasteiger partial charge is 0.465 e. The molecule has 52 heavy (non-hydrogen) atoms. The summed E-state index contributed by atoms with van der Waals surface area (Å²) in [7, 11) is 0. The fourth-order valence-electron chi connectivity index (χ4n) is 7.01. The lowest BCUT2D eigenvalue weighted by molar-refractivity contribution is 0.0935. The molecule has 0 atom stereocenters. The van der Waals surface area contributed by atoms with Gasteiger partial charge in [-0.2, -0.15) is 0 Å². The Morgan fingerprint density at radius 2 is 1.67 bits per heavy atom. The van der Waals surface area contributed by atoms with Crippen LogP contribution in [0, 0.1) is 0 Å². The highest BCUT2D eigenvalue weighted by molar-refractivity contribution is 5.98.